The van der Waals surface area contributed by atoms with Gasteiger partial charge in [-0.2, -0.15) is 13.2 Å². The number of Topliss-reactive ketones (excluding diaryl/α,β-unsaturated/α-hetero) is 1. The van der Waals surface area contributed by atoms with E-state index in [1.807, 2.05) is 0 Å². The van der Waals surface area contributed by atoms with E-state index in [9.17, 15) is 18.0 Å². The maximum atomic E-state index is 13.4. The van der Waals surface area contributed by atoms with Crippen LogP contribution >= 0.6 is 23.1 Å². The van der Waals surface area contributed by atoms with Crippen LogP contribution in [-0.2, 0) is 11.0 Å². The SMILES string of the molecule is CC1(C)[C@H]2CC[C@]1(C)[C@H](Sc1nc(-c3cccs3)cc(C(F)(F)F)n1)C2=O. The molecule has 2 aliphatic carbocycles. The lowest BCUT2D eigenvalue weighted by Crippen LogP contribution is -2.35. The quantitative estimate of drug-likeness (QED) is 0.606. The van der Waals surface area contributed by atoms with Gasteiger partial charge >= 0.3 is 6.18 Å². The highest BCUT2D eigenvalue weighted by atomic mass is 32.2. The van der Waals surface area contributed by atoms with E-state index in [0.717, 1.165) is 30.7 Å². The summed E-state index contributed by atoms with van der Waals surface area (Å²) in [5.41, 5.74) is -1.15. The van der Waals surface area contributed by atoms with Crippen LogP contribution in [0.25, 0.3) is 10.6 Å². The van der Waals surface area contributed by atoms with E-state index in [4.69, 9.17) is 0 Å². The largest absolute Gasteiger partial charge is 0.433 e. The molecule has 2 bridgehead atoms. The van der Waals surface area contributed by atoms with Crippen molar-refractivity contribution in [3.05, 3.63) is 29.3 Å². The van der Waals surface area contributed by atoms with Gasteiger partial charge in [0.25, 0.3) is 0 Å². The molecule has 0 saturated heterocycles. The number of ketones is 1. The molecule has 4 rings (SSSR count). The Balaban J connectivity index is 1.74. The first-order valence-electron chi connectivity index (χ1n) is 8.74. The van der Waals surface area contributed by atoms with Crippen LogP contribution in [-0.4, -0.2) is 21.0 Å². The molecule has 2 aliphatic rings. The van der Waals surface area contributed by atoms with Crippen molar-refractivity contribution in [1.29, 1.82) is 0 Å². The van der Waals surface area contributed by atoms with Crippen molar-refractivity contribution in [2.75, 3.05) is 0 Å². The number of hydrogen-bond acceptors (Lipinski definition) is 5. The molecular weight excluding hydrogens is 393 g/mol. The smallest absolute Gasteiger partial charge is 0.298 e. The number of thioether (sulfide) groups is 1. The summed E-state index contributed by atoms with van der Waals surface area (Å²) in [6, 6.07) is 4.48. The van der Waals surface area contributed by atoms with Gasteiger partial charge < -0.3 is 0 Å². The molecule has 2 aromatic heterocycles. The summed E-state index contributed by atoms with van der Waals surface area (Å²) in [5.74, 6) is 0.0833. The molecule has 0 N–H and O–H groups in total. The van der Waals surface area contributed by atoms with Gasteiger partial charge in [-0.3, -0.25) is 4.79 Å². The zero-order valence-corrected chi connectivity index (χ0v) is 16.8. The Hall–Kier alpha value is -1.41. The fourth-order valence-corrected chi connectivity index (χ4v) is 6.62. The Morgan fingerprint density at radius 3 is 2.56 bits per heavy atom. The lowest BCUT2D eigenvalue weighted by atomic mass is 9.71. The minimum absolute atomic E-state index is 0.0242. The fourth-order valence-electron chi connectivity index (χ4n) is 4.46. The van der Waals surface area contributed by atoms with Crippen molar-refractivity contribution in [3.8, 4) is 10.6 Å². The molecule has 2 aromatic rings. The molecule has 8 heteroatoms. The van der Waals surface area contributed by atoms with Gasteiger partial charge in [0.2, 0.25) is 0 Å². The number of aromatic nitrogens is 2. The summed E-state index contributed by atoms with van der Waals surface area (Å²) >= 11 is 2.42. The van der Waals surface area contributed by atoms with Gasteiger partial charge in [-0.25, -0.2) is 9.97 Å². The molecule has 144 valence electrons. The number of carbonyl (C=O) groups excluding carboxylic acids is 1. The van der Waals surface area contributed by atoms with Crippen LogP contribution < -0.4 is 0 Å². The third-order valence-corrected chi connectivity index (χ3v) is 8.74. The van der Waals surface area contributed by atoms with E-state index in [2.05, 4.69) is 30.7 Å². The Kier molecular flexibility index (Phi) is 4.24. The highest BCUT2D eigenvalue weighted by Gasteiger charge is 2.66. The summed E-state index contributed by atoms with van der Waals surface area (Å²) in [7, 11) is 0. The lowest BCUT2D eigenvalue weighted by molar-refractivity contribution is -0.141. The molecule has 27 heavy (non-hydrogen) atoms. The molecule has 2 saturated carbocycles. The molecular formula is C19H19F3N2OS2. The number of hydrogen-bond donors (Lipinski definition) is 0. The summed E-state index contributed by atoms with van der Waals surface area (Å²) < 4.78 is 40.1. The predicted molar refractivity (Wildman–Crippen MR) is 99.6 cm³/mol. The molecule has 0 amide bonds. The van der Waals surface area contributed by atoms with Gasteiger partial charge in [0, 0.05) is 5.92 Å². The number of alkyl halides is 3. The van der Waals surface area contributed by atoms with Gasteiger partial charge in [0.15, 0.2) is 5.16 Å². The third-order valence-electron chi connectivity index (χ3n) is 6.47. The number of halogens is 3. The first kappa shape index (κ1) is 18.9. The van der Waals surface area contributed by atoms with Crippen molar-refractivity contribution >= 4 is 28.9 Å². The van der Waals surface area contributed by atoms with Crippen molar-refractivity contribution in [2.24, 2.45) is 16.7 Å². The van der Waals surface area contributed by atoms with Crippen LogP contribution in [0, 0.1) is 16.7 Å². The second-order valence-electron chi connectivity index (χ2n) is 8.03. The van der Waals surface area contributed by atoms with E-state index in [-0.39, 0.29) is 33.4 Å². The Morgan fingerprint density at radius 2 is 2.00 bits per heavy atom. The van der Waals surface area contributed by atoms with Crippen molar-refractivity contribution in [3.63, 3.8) is 0 Å². The van der Waals surface area contributed by atoms with Crippen LogP contribution in [0.4, 0.5) is 13.2 Å². The molecule has 0 radical (unpaired) electrons. The normalized spacial score (nSPS) is 29.5. The second-order valence-corrected chi connectivity index (χ2v) is 10.0. The molecule has 3 atom stereocenters. The minimum Gasteiger partial charge on any atom is -0.298 e. The van der Waals surface area contributed by atoms with Gasteiger partial charge in [-0.1, -0.05) is 38.6 Å². The first-order chi connectivity index (χ1) is 12.5. The highest BCUT2D eigenvalue weighted by molar-refractivity contribution is 8.00. The Labute approximate surface area is 163 Å². The van der Waals surface area contributed by atoms with E-state index < -0.39 is 17.1 Å². The second kappa shape index (κ2) is 6.04. The maximum absolute atomic E-state index is 13.4. The average molecular weight is 413 g/mol. The van der Waals surface area contributed by atoms with Crippen LogP contribution in [0.1, 0.15) is 39.3 Å². The number of nitrogens with zero attached hydrogens (tertiary/aromatic N) is 2. The molecule has 0 spiro atoms. The van der Waals surface area contributed by atoms with Gasteiger partial charge in [0.05, 0.1) is 15.8 Å². The Bertz CT molecular complexity index is 895. The van der Waals surface area contributed by atoms with Gasteiger partial charge in [0.1, 0.15) is 11.5 Å². The van der Waals surface area contributed by atoms with Crippen LogP contribution in [0.15, 0.2) is 28.7 Å². The summed E-state index contributed by atoms with van der Waals surface area (Å²) in [4.78, 5) is 21.7. The average Bonchev–Trinajstić information content (AvgIpc) is 3.21. The van der Waals surface area contributed by atoms with Crippen LogP contribution in [0.5, 0.6) is 0 Å². The first-order valence-corrected chi connectivity index (χ1v) is 10.5. The monoisotopic (exact) mass is 412 g/mol. The molecule has 0 aliphatic heterocycles. The number of thiophene rings is 1. The van der Waals surface area contributed by atoms with Crippen molar-refractivity contribution < 1.29 is 18.0 Å². The summed E-state index contributed by atoms with van der Waals surface area (Å²) in [6.07, 6.45) is -2.82. The minimum atomic E-state index is -4.56. The van der Waals surface area contributed by atoms with Crippen molar-refractivity contribution in [2.45, 2.75) is 50.2 Å². The van der Waals surface area contributed by atoms with E-state index in [1.165, 1.54) is 11.3 Å². The Morgan fingerprint density at radius 1 is 1.26 bits per heavy atom. The molecule has 0 aromatic carbocycles. The summed E-state index contributed by atoms with van der Waals surface area (Å²) in [5, 5.41) is 1.41. The number of carbonyl (C=O) groups is 1. The zero-order valence-electron chi connectivity index (χ0n) is 15.1. The number of fused-ring (bicyclic) bond motifs is 2. The molecule has 0 unspecified atom stereocenters. The van der Waals surface area contributed by atoms with Gasteiger partial charge in [-0.15, -0.1) is 11.3 Å². The van der Waals surface area contributed by atoms with E-state index >= 15 is 0 Å². The van der Waals surface area contributed by atoms with Crippen LogP contribution in [0.2, 0.25) is 0 Å². The zero-order chi connectivity index (χ0) is 19.6. The maximum Gasteiger partial charge on any atom is 0.433 e. The number of rotatable bonds is 3. The molecule has 2 fully saturated rings. The predicted octanol–water partition coefficient (Wildman–Crippen LogP) is 5.71. The van der Waals surface area contributed by atoms with E-state index in [0.29, 0.717) is 4.88 Å². The third kappa shape index (κ3) is 2.83. The topological polar surface area (TPSA) is 42.9 Å². The standard InChI is InChI=1S/C19H19F3N2OS2/c1-17(2)10-6-7-18(17,3)15(14(10)25)27-16-23-11(12-5-4-8-26-12)9-13(24-16)19(20,21)22/h4-5,8-10,15H,6-7H2,1-3H3/t10-,15+,18+/m0/s1. The van der Waals surface area contributed by atoms with E-state index in [1.54, 1.807) is 17.5 Å². The lowest BCUT2D eigenvalue weighted by Gasteiger charge is -2.37. The molecule has 3 nitrogen and oxygen atoms in total. The van der Waals surface area contributed by atoms with Crippen molar-refractivity contribution in [1.82, 2.24) is 9.97 Å². The fraction of sp³-hybridized carbons (Fsp3) is 0.526. The summed E-state index contributed by atoms with van der Waals surface area (Å²) in [6.45, 7) is 6.25. The van der Waals surface area contributed by atoms with Gasteiger partial charge in [-0.05, 0) is 41.2 Å². The molecule has 2 heterocycles. The highest BCUT2D eigenvalue weighted by Crippen LogP contribution is 2.67. The van der Waals surface area contributed by atoms with Crippen LogP contribution in [0.3, 0.4) is 0 Å².